The molecule has 0 bridgehead atoms. The van der Waals surface area contributed by atoms with Crippen LogP contribution in [0.4, 0.5) is 5.69 Å². The van der Waals surface area contributed by atoms with Gasteiger partial charge in [0, 0.05) is 36.6 Å². The molecule has 10 N–H and O–H groups in total. The van der Waals surface area contributed by atoms with Crippen LogP contribution in [0, 0.1) is 6.42 Å². The maximum absolute atomic E-state index is 12.2. The molecule has 1 aromatic carbocycles. The number of hydrogen-bond donors (Lipinski definition) is 9. The van der Waals surface area contributed by atoms with Gasteiger partial charge in [-0.1, -0.05) is 0 Å². The number of anilines is 1. The highest BCUT2D eigenvalue weighted by atomic mass is 16.7. The summed E-state index contributed by atoms with van der Waals surface area (Å²) >= 11 is 0. The number of ketones is 1. The number of nitrogens with two attached hydrogens (primary N) is 1. The van der Waals surface area contributed by atoms with E-state index in [1.54, 1.807) is 6.07 Å². The predicted octanol–water partition coefficient (Wildman–Crippen LogP) is -3.34. The molecular weight excluding hydrogens is 510 g/mol. The maximum atomic E-state index is 12.2. The highest BCUT2D eigenvalue weighted by Crippen LogP contribution is 2.25. The molecule has 14 heteroatoms. The van der Waals surface area contributed by atoms with Crippen LogP contribution in [0.25, 0.3) is 0 Å². The Labute approximate surface area is 218 Å². The third-order valence-electron chi connectivity index (χ3n) is 6.03. The summed E-state index contributed by atoms with van der Waals surface area (Å²) < 4.78 is 16.0. The molecule has 9 atom stereocenters. The van der Waals surface area contributed by atoms with Gasteiger partial charge in [0.05, 0.1) is 25.9 Å². The van der Waals surface area contributed by atoms with Gasteiger partial charge in [-0.25, -0.2) is 0 Å². The molecule has 0 aliphatic carbocycles. The molecule has 1 fully saturated rings. The normalized spacial score (nSPS) is 26.8. The van der Waals surface area contributed by atoms with Gasteiger partial charge < -0.3 is 60.8 Å². The average molecular weight is 547 g/mol. The first-order chi connectivity index (χ1) is 18.0. The van der Waals surface area contributed by atoms with Gasteiger partial charge in [0.2, 0.25) is 0 Å². The van der Waals surface area contributed by atoms with E-state index >= 15 is 0 Å². The van der Waals surface area contributed by atoms with E-state index in [-0.39, 0.29) is 30.9 Å². The third-order valence-corrected chi connectivity index (χ3v) is 6.03. The van der Waals surface area contributed by atoms with E-state index in [0.29, 0.717) is 24.0 Å². The van der Waals surface area contributed by atoms with Crippen LogP contribution in [-0.4, -0.2) is 128 Å². The second kappa shape index (κ2) is 15.4. The zero-order valence-corrected chi connectivity index (χ0v) is 20.5. The van der Waals surface area contributed by atoms with Crippen LogP contribution < -0.4 is 10.5 Å². The van der Waals surface area contributed by atoms with Gasteiger partial charge in [-0.2, -0.15) is 0 Å². The van der Waals surface area contributed by atoms with Crippen molar-refractivity contribution < 1.29 is 64.7 Å². The molecule has 14 nitrogen and oxygen atoms in total. The Balaban J connectivity index is 1.84. The van der Waals surface area contributed by atoms with Gasteiger partial charge in [0.1, 0.15) is 54.3 Å². The second-order valence-corrected chi connectivity index (χ2v) is 8.87. The number of ether oxygens (including phenoxy) is 3. The van der Waals surface area contributed by atoms with Crippen molar-refractivity contribution in [1.82, 2.24) is 0 Å². The quantitative estimate of drug-likeness (QED) is 0.0559. The highest BCUT2D eigenvalue weighted by Gasteiger charge is 2.46. The summed E-state index contributed by atoms with van der Waals surface area (Å²) in [6.45, 7) is -1.49. The predicted molar refractivity (Wildman–Crippen MR) is 129 cm³/mol. The topological polar surface area (TPSA) is 250 Å². The lowest BCUT2D eigenvalue weighted by molar-refractivity contribution is -0.326. The standard InChI is InChI=1S/C24H36NO13/c25-15-8-14(5-3-12(15)9-26)36-7-1-2-13(29)4-6-16(30)19(32)23(17(31)10-27)38-24-22(35)21(34)20(33)18(11-28)37-24/h3,5-6,8-9,16-24,27-28,30-35H,1-2,4,7,10-11,25H2/t16?,17?,18?,19-,20+,21+,22?,23-,24+/m1/s1. The van der Waals surface area contributed by atoms with E-state index in [9.17, 15) is 50.4 Å². The van der Waals surface area contributed by atoms with Crippen molar-refractivity contribution in [2.24, 2.45) is 0 Å². The summed E-state index contributed by atoms with van der Waals surface area (Å²) in [6.07, 6.45) is -13.7. The fourth-order valence-corrected chi connectivity index (χ4v) is 3.73. The SMILES string of the molecule is Nc1cc(OCCCC(=O)C[CH]C(O)[C@@H](O)[C@H](O[C@@H]2OC(CO)[C@H](O)[C@H](O)C2O)C(O)CO)ccc1C=O. The van der Waals surface area contributed by atoms with Crippen LogP contribution in [0.15, 0.2) is 18.2 Å². The molecule has 1 radical (unpaired) electrons. The lowest BCUT2D eigenvalue weighted by Gasteiger charge is -2.42. The Morgan fingerprint density at radius 2 is 1.82 bits per heavy atom. The van der Waals surface area contributed by atoms with Crippen molar-refractivity contribution in [2.75, 3.05) is 25.6 Å². The number of aldehydes is 1. The van der Waals surface area contributed by atoms with Crippen molar-refractivity contribution in [3.63, 3.8) is 0 Å². The molecular formula is C24H36NO13. The molecule has 2 rings (SSSR count). The minimum Gasteiger partial charge on any atom is -0.494 e. The zero-order chi connectivity index (χ0) is 28.4. The minimum absolute atomic E-state index is 0.0747. The smallest absolute Gasteiger partial charge is 0.187 e. The van der Waals surface area contributed by atoms with E-state index in [2.05, 4.69) is 0 Å². The lowest BCUT2D eigenvalue weighted by Crippen LogP contribution is -2.61. The summed E-state index contributed by atoms with van der Waals surface area (Å²) in [5.41, 5.74) is 6.30. The van der Waals surface area contributed by atoms with Gasteiger partial charge in [-0.15, -0.1) is 0 Å². The van der Waals surface area contributed by atoms with E-state index < -0.39 is 68.3 Å². The van der Waals surface area contributed by atoms with Crippen LogP contribution in [0.5, 0.6) is 5.75 Å². The highest BCUT2D eigenvalue weighted by molar-refractivity contribution is 5.83. The summed E-state index contributed by atoms with van der Waals surface area (Å²) in [5, 5.41) is 79.4. The molecule has 1 heterocycles. The number of aliphatic hydroxyl groups excluding tert-OH is 8. The first kappa shape index (κ1) is 32.0. The van der Waals surface area contributed by atoms with Crippen molar-refractivity contribution in [3.05, 3.63) is 30.2 Å². The van der Waals surface area contributed by atoms with Crippen LogP contribution in [0.2, 0.25) is 0 Å². The molecule has 1 aliphatic rings. The number of aliphatic hydroxyl groups is 8. The Morgan fingerprint density at radius 1 is 1.11 bits per heavy atom. The second-order valence-electron chi connectivity index (χ2n) is 8.87. The van der Waals surface area contributed by atoms with Crippen LogP contribution in [0.1, 0.15) is 29.6 Å². The van der Waals surface area contributed by atoms with Crippen molar-refractivity contribution in [1.29, 1.82) is 0 Å². The van der Waals surface area contributed by atoms with E-state index in [0.717, 1.165) is 6.42 Å². The number of hydrogen-bond acceptors (Lipinski definition) is 14. The van der Waals surface area contributed by atoms with E-state index in [1.165, 1.54) is 12.1 Å². The van der Waals surface area contributed by atoms with Crippen molar-refractivity contribution in [2.45, 2.75) is 74.4 Å². The van der Waals surface area contributed by atoms with Gasteiger partial charge >= 0.3 is 0 Å². The Hall–Kier alpha value is -2.24. The Morgan fingerprint density at radius 3 is 2.42 bits per heavy atom. The van der Waals surface area contributed by atoms with Crippen LogP contribution >= 0.6 is 0 Å². The van der Waals surface area contributed by atoms with Crippen LogP contribution in [0.3, 0.4) is 0 Å². The molecule has 1 aromatic rings. The largest absolute Gasteiger partial charge is 0.494 e. The maximum Gasteiger partial charge on any atom is 0.187 e. The average Bonchev–Trinajstić information content (AvgIpc) is 2.91. The molecule has 0 amide bonds. The van der Waals surface area contributed by atoms with Crippen molar-refractivity contribution in [3.8, 4) is 5.75 Å². The number of Topliss-reactive ketones (excluding diaryl/α,β-unsaturated/α-hetero) is 1. The fourth-order valence-electron chi connectivity index (χ4n) is 3.73. The molecule has 0 spiro atoms. The molecule has 38 heavy (non-hydrogen) atoms. The number of carbonyl (C=O) groups is 2. The van der Waals surface area contributed by atoms with Gasteiger partial charge in [0.15, 0.2) is 12.6 Å². The number of benzene rings is 1. The Bertz CT molecular complexity index is 885. The fraction of sp³-hybridized carbons (Fsp3) is 0.625. The zero-order valence-electron chi connectivity index (χ0n) is 20.5. The number of nitrogen functional groups attached to an aromatic ring is 1. The lowest BCUT2D eigenvalue weighted by atomic mass is 9.96. The summed E-state index contributed by atoms with van der Waals surface area (Å²) in [4.78, 5) is 23.0. The minimum atomic E-state index is -1.90. The summed E-state index contributed by atoms with van der Waals surface area (Å²) in [7, 11) is 0. The molecule has 0 aromatic heterocycles. The molecule has 215 valence electrons. The van der Waals surface area contributed by atoms with Crippen LogP contribution in [-0.2, 0) is 14.3 Å². The van der Waals surface area contributed by atoms with E-state index in [4.69, 9.17) is 19.9 Å². The molecule has 1 saturated heterocycles. The number of rotatable bonds is 16. The Kier molecular flexibility index (Phi) is 12.9. The first-order valence-corrected chi connectivity index (χ1v) is 12.0. The summed E-state index contributed by atoms with van der Waals surface area (Å²) in [6, 6.07) is 4.56. The molecule has 1 aliphatic heterocycles. The van der Waals surface area contributed by atoms with Crippen molar-refractivity contribution >= 4 is 17.8 Å². The van der Waals surface area contributed by atoms with Gasteiger partial charge in [-0.05, 0) is 18.6 Å². The first-order valence-electron chi connectivity index (χ1n) is 12.0. The molecule has 4 unspecified atom stereocenters. The van der Waals surface area contributed by atoms with Gasteiger partial charge in [-0.3, -0.25) is 9.59 Å². The summed E-state index contributed by atoms with van der Waals surface area (Å²) in [5.74, 6) is 0.128. The monoisotopic (exact) mass is 546 g/mol. The number of carbonyl (C=O) groups excluding carboxylic acids is 2. The molecule has 0 saturated carbocycles. The van der Waals surface area contributed by atoms with E-state index in [1.807, 2.05) is 0 Å². The third kappa shape index (κ3) is 8.64. The van der Waals surface area contributed by atoms with Gasteiger partial charge in [0.25, 0.3) is 0 Å².